The largest absolute Gasteiger partial charge is 0.192 e. The van der Waals surface area contributed by atoms with Crippen molar-refractivity contribution in [2.24, 2.45) is 0 Å². The number of fused-ring (bicyclic) bond motifs is 1. The monoisotopic (exact) mass is 381 g/mol. The molecule has 1 nitrogen and oxygen atoms in total. The van der Waals surface area contributed by atoms with E-state index >= 15 is 0 Å². The highest BCUT2D eigenvalue weighted by molar-refractivity contribution is 14.1. The zero-order chi connectivity index (χ0) is 14.7. The molecule has 2 heteroatoms. The van der Waals surface area contributed by atoms with E-state index in [2.05, 4.69) is 46.9 Å². The Hall–Kier alpha value is -2.12. The molecule has 0 heterocycles. The maximum Gasteiger partial charge on any atom is 0.0998 e. The summed E-state index contributed by atoms with van der Waals surface area (Å²) >= 11 is 2.26. The molecule has 0 fully saturated rings. The molecule has 0 bridgehead atoms. The van der Waals surface area contributed by atoms with Crippen LogP contribution in [0.4, 0.5) is 0 Å². The van der Waals surface area contributed by atoms with Crippen molar-refractivity contribution >= 4 is 45.0 Å². The lowest BCUT2D eigenvalue weighted by atomic mass is 10.00. The van der Waals surface area contributed by atoms with Crippen molar-refractivity contribution in [3.05, 3.63) is 81.4 Å². The van der Waals surface area contributed by atoms with Gasteiger partial charge in [0, 0.05) is 3.57 Å². The maximum atomic E-state index is 9.46. The number of hydrogen-bond acceptors (Lipinski definition) is 1. The number of rotatable bonds is 2. The Balaban J connectivity index is 2.13. The second kappa shape index (κ2) is 6.11. The van der Waals surface area contributed by atoms with E-state index in [4.69, 9.17) is 0 Å². The Bertz CT molecular complexity index is 849. The minimum Gasteiger partial charge on any atom is -0.192 e. The zero-order valence-electron chi connectivity index (χ0n) is 11.3. The molecule has 0 aliphatic carbocycles. The van der Waals surface area contributed by atoms with E-state index in [9.17, 15) is 5.26 Å². The van der Waals surface area contributed by atoms with Crippen LogP contribution < -0.4 is 0 Å². The molecule has 0 saturated heterocycles. The maximum absolute atomic E-state index is 9.46. The summed E-state index contributed by atoms with van der Waals surface area (Å²) in [6, 6.07) is 24.7. The van der Waals surface area contributed by atoms with Gasteiger partial charge in [-0.3, -0.25) is 0 Å². The summed E-state index contributed by atoms with van der Waals surface area (Å²) in [5.74, 6) is 0. The summed E-state index contributed by atoms with van der Waals surface area (Å²) in [6.45, 7) is 0. The molecule has 3 aromatic carbocycles. The first kappa shape index (κ1) is 13.8. The first-order chi connectivity index (χ1) is 10.3. The van der Waals surface area contributed by atoms with Crippen LogP contribution in [-0.2, 0) is 0 Å². The van der Waals surface area contributed by atoms with E-state index in [0.29, 0.717) is 5.57 Å². The second-order valence-electron chi connectivity index (χ2n) is 4.75. The average molecular weight is 381 g/mol. The fourth-order valence-corrected chi connectivity index (χ4v) is 2.70. The van der Waals surface area contributed by atoms with E-state index < -0.39 is 0 Å². The third-order valence-electron chi connectivity index (χ3n) is 3.40. The second-order valence-corrected chi connectivity index (χ2v) is 5.99. The fraction of sp³-hybridized carbons (Fsp3) is 0. The Morgan fingerprint density at radius 1 is 0.905 bits per heavy atom. The third-order valence-corrected chi connectivity index (χ3v) is 4.12. The predicted octanol–water partition coefficient (Wildman–Crippen LogP) is 5.51. The summed E-state index contributed by atoms with van der Waals surface area (Å²) in [6.07, 6.45) is 1.96. The lowest BCUT2D eigenvalue weighted by Gasteiger charge is -2.04. The highest BCUT2D eigenvalue weighted by Crippen LogP contribution is 2.24. The number of benzene rings is 3. The molecule has 0 atom stereocenters. The molecule has 0 radical (unpaired) electrons. The topological polar surface area (TPSA) is 23.8 Å². The van der Waals surface area contributed by atoms with Gasteiger partial charge < -0.3 is 0 Å². The summed E-state index contributed by atoms with van der Waals surface area (Å²) in [5, 5.41) is 11.8. The van der Waals surface area contributed by atoms with Crippen molar-refractivity contribution in [3.8, 4) is 6.07 Å². The Kier molecular flexibility index (Phi) is 4.03. The zero-order valence-corrected chi connectivity index (χ0v) is 13.4. The summed E-state index contributed by atoms with van der Waals surface area (Å²) in [7, 11) is 0. The molecule has 21 heavy (non-hydrogen) atoms. The highest BCUT2D eigenvalue weighted by atomic mass is 127. The number of nitriles is 1. The molecule has 0 spiro atoms. The van der Waals surface area contributed by atoms with Crippen LogP contribution >= 0.6 is 22.6 Å². The van der Waals surface area contributed by atoms with E-state index in [-0.39, 0.29) is 0 Å². The van der Waals surface area contributed by atoms with Crippen molar-refractivity contribution in [2.45, 2.75) is 0 Å². The number of nitrogens with zero attached hydrogens (tertiary/aromatic N) is 1. The molecule has 0 aliphatic heterocycles. The first-order valence-corrected chi connectivity index (χ1v) is 7.71. The SMILES string of the molecule is N#C/C(=C\c1cccc2ccccc12)c1ccc(I)cc1. The average Bonchev–Trinajstić information content (AvgIpc) is 2.54. The lowest BCUT2D eigenvalue weighted by molar-refractivity contribution is 1.52. The normalized spacial score (nSPS) is 11.3. The van der Waals surface area contributed by atoms with E-state index in [1.807, 2.05) is 54.6 Å². The third kappa shape index (κ3) is 2.98. The van der Waals surface area contributed by atoms with Gasteiger partial charge in [0.25, 0.3) is 0 Å². The van der Waals surface area contributed by atoms with Gasteiger partial charge in [-0.2, -0.15) is 5.26 Å². The Morgan fingerprint density at radius 3 is 2.38 bits per heavy atom. The van der Waals surface area contributed by atoms with Crippen LogP contribution in [0.3, 0.4) is 0 Å². The van der Waals surface area contributed by atoms with Gasteiger partial charge in [0.15, 0.2) is 0 Å². The van der Waals surface area contributed by atoms with Crippen LogP contribution in [0.1, 0.15) is 11.1 Å². The highest BCUT2D eigenvalue weighted by Gasteiger charge is 2.03. The Morgan fingerprint density at radius 2 is 1.62 bits per heavy atom. The van der Waals surface area contributed by atoms with Gasteiger partial charge in [-0.25, -0.2) is 0 Å². The Labute approximate surface area is 137 Å². The van der Waals surface area contributed by atoms with Gasteiger partial charge in [-0.15, -0.1) is 0 Å². The van der Waals surface area contributed by atoms with Crippen molar-refractivity contribution in [2.75, 3.05) is 0 Å². The van der Waals surface area contributed by atoms with Crippen LogP contribution in [0.25, 0.3) is 22.4 Å². The molecule has 0 aromatic heterocycles. The van der Waals surface area contributed by atoms with Gasteiger partial charge in [-0.1, -0.05) is 54.6 Å². The van der Waals surface area contributed by atoms with E-state index in [1.165, 1.54) is 14.3 Å². The molecular formula is C19H12IN. The minimum absolute atomic E-state index is 0.683. The summed E-state index contributed by atoms with van der Waals surface area (Å²) in [4.78, 5) is 0. The van der Waals surface area contributed by atoms with Crippen molar-refractivity contribution in [3.63, 3.8) is 0 Å². The van der Waals surface area contributed by atoms with Crippen molar-refractivity contribution in [1.29, 1.82) is 5.26 Å². The molecular weight excluding hydrogens is 369 g/mol. The fourth-order valence-electron chi connectivity index (χ4n) is 2.34. The standard InChI is InChI=1S/C19H12IN/c20-18-10-8-14(9-11-18)17(13-21)12-16-6-3-5-15-4-1-2-7-19(15)16/h1-12H/b17-12+. The van der Waals surface area contributed by atoms with Crippen LogP contribution in [0.15, 0.2) is 66.7 Å². The van der Waals surface area contributed by atoms with Gasteiger partial charge in [0.1, 0.15) is 0 Å². The number of halogens is 1. The smallest absolute Gasteiger partial charge is 0.0998 e. The van der Waals surface area contributed by atoms with Crippen LogP contribution in [0.5, 0.6) is 0 Å². The minimum atomic E-state index is 0.683. The quantitative estimate of drug-likeness (QED) is 0.326. The first-order valence-electron chi connectivity index (χ1n) is 6.63. The number of allylic oxidation sites excluding steroid dienone is 1. The van der Waals surface area contributed by atoms with Crippen molar-refractivity contribution in [1.82, 2.24) is 0 Å². The lowest BCUT2D eigenvalue weighted by Crippen LogP contribution is -1.84. The van der Waals surface area contributed by atoms with Crippen molar-refractivity contribution < 1.29 is 0 Å². The van der Waals surface area contributed by atoms with E-state index in [0.717, 1.165) is 11.1 Å². The predicted molar refractivity (Wildman–Crippen MR) is 96.6 cm³/mol. The molecule has 0 unspecified atom stereocenters. The molecule has 0 aliphatic rings. The molecule has 0 saturated carbocycles. The molecule has 3 rings (SSSR count). The van der Waals surface area contributed by atoms with Gasteiger partial charge in [0.05, 0.1) is 11.6 Å². The molecule has 0 N–H and O–H groups in total. The van der Waals surface area contributed by atoms with Crippen LogP contribution in [-0.4, -0.2) is 0 Å². The van der Waals surface area contributed by atoms with Crippen LogP contribution in [0, 0.1) is 14.9 Å². The van der Waals surface area contributed by atoms with Crippen LogP contribution in [0.2, 0.25) is 0 Å². The number of hydrogen-bond donors (Lipinski definition) is 0. The molecule has 0 amide bonds. The summed E-state index contributed by atoms with van der Waals surface area (Å²) < 4.78 is 1.17. The van der Waals surface area contributed by atoms with Gasteiger partial charge in [0.2, 0.25) is 0 Å². The van der Waals surface area contributed by atoms with Gasteiger partial charge in [-0.05, 0) is 62.7 Å². The molecule has 100 valence electrons. The van der Waals surface area contributed by atoms with E-state index in [1.54, 1.807) is 0 Å². The van der Waals surface area contributed by atoms with Gasteiger partial charge >= 0.3 is 0 Å². The summed E-state index contributed by atoms with van der Waals surface area (Å²) in [5.41, 5.74) is 2.71. The molecule has 3 aromatic rings.